The number of carbonyl (C=O) groups is 1. The molecule has 6 heteroatoms. The van der Waals surface area contributed by atoms with Crippen molar-refractivity contribution in [3.05, 3.63) is 108 Å². The molecule has 3 aromatic carbocycles. The Bertz CT molecular complexity index is 1260. The predicted octanol–water partition coefficient (Wildman–Crippen LogP) is 5.33. The summed E-state index contributed by atoms with van der Waals surface area (Å²) in [6, 6.07) is 29.5. The number of rotatable bonds is 7. The molecule has 35 heavy (non-hydrogen) atoms. The summed E-state index contributed by atoms with van der Waals surface area (Å²) >= 11 is 0. The number of amides is 1. The third kappa shape index (κ3) is 6.11. The number of benzene rings is 3. The fourth-order valence-corrected chi connectivity index (χ4v) is 4.33. The Morgan fingerprint density at radius 3 is 2.40 bits per heavy atom. The first-order valence-electron chi connectivity index (χ1n) is 12.0. The van der Waals surface area contributed by atoms with Gasteiger partial charge in [-0.05, 0) is 42.7 Å². The minimum atomic E-state index is -0.0526. The molecule has 0 aliphatic carbocycles. The van der Waals surface area contributed by atoms with Crippen molar-refractivity contribution in [2.75, 3.05) is 13.1 Å². The molecule has 1 aliphatic rings. The Kier molecular flexibility index (Phi) is 7.10. The van der Waals surface area contributed by atoms with Crippen LogP contribution in [0.25, 0.3) is 11.3 Å². The normalized spacial score (nSPS) is 14.4. The largest absolute Gasteiger partial charge is 0.439 e. The molecule has 1 amide bonds. The van der Waals surface area contributed by atoms with E-state index in [1.54, 1.807) is 6.07 Å². The number of hydrogen-bond acceptors (Lipinski definition) is 5. The van der Waals surface area contributed by atoms with E-state index in [2.05, 4.69) is 44.5 Å². The first kappa shape index (κ1) is 22.7. The van der Waals surface area contributed by atoms with Gasteiger partial charge in [-0.1, -0.05) is 60.7 Å². The van der Waals surface area contributed by atoms with Gasteiger partial charge >= 0.3 is 0 Å². The van der Waals surface area contributed by atoms with Crippen molar-refractivity contribution >= 4 is 5.91 Å². The van der Waals surface area contributed by atoms with E-state index in [-0.39, 0.29) is 11.9 Å². The van der Waals surface area contributed by atoms with Crippen LogP contribution in [-0.4, -0.2) is 39.9 Å². The molecule has 1 aliphatic heterocycles. The van der Waals surface area contributed by atoms with E-state index in [1.807, 2.05) is 60.7 Å². The second-order valence-electron chi connectivity index (χ2n) is 8.75. The molecule has 4 aromatic rings. The van der Waals surface area contributed by atoms with E-state index >= 15 is 0 Å². The summed E-state index contributed by atoms with van der Waals surface area (Å²) in [5, 5.41) is 3.22. The molecule has 5 rings (SSSR count). The SMILES string of the molecule is O=C(NC1CCN(Cc2ccccc2)CC1)c1cccc(-c2cc(Oc3ccccc3)ncn2)c1. The van der Waals surface area contributed by atoms with Gasteiger partial charge in [-0.3, -0.25) is 9.69 Å². The molecule has 1 N–H and O–H groups in total. The Hall–Kier alpha value is -4.03. The van der Waals surface area contributed by atoms with Crippen LogP contribution in [0.3, 0.4) is 0 Å². The Morgan fingerprint density at radius 1 is 0.886 bits per heavy atom. The van der Waals surface area contributed by atoms with Gasteiger partial charge in [0.1, 0.15) is 12.1 Å². The summed E-state index contributed by atoms with van der Waals surface area (Å²) < 4.78 is 5.83. The van der Waals surface area contributed by atoms with Crippen LogP contribution >= 0.6 is 0 Å². The second-order valence-corrected chi connectivity index (χ2v) is 8.75. The highest BCUT2D eigenvalue weighted by molar-refractivity contribution is 5.95. The van der Waals surface area contributed by atoms with Crippen LogP contribution in [0.1, 0.15) is 28.8 Å². The fraction of sp³-hybridized carbons (Fsp3) is 0.207. The van der Waals surface area contributed by atoms with Gasteiger partial charge in [-0.2, -0.15) is 0 Å². The van der Waals surface area contributed by atoms with Crippen LogP contribution in [0, 0.1) is 0 Å². The van der Waals surface area contributed by atoms with Crippen molar-refractivity contribution in [3.63, 3.8) is 0 Å². The molecule has 6 nitrogen and oxygen atoms in total. The minimum Gasteiger partial charge on any atom is -0.439 e. The molecule has 0 bridgehead atoms. The Morgan fingerprint density at radius 2 is 1.63 bits per heavy atom. The maximum atomic E-state index is 13.0. The first-order chi connectivity index (χ1) is 17.2. The summed E-state index contributed by atoms with van der Waals surface area (Å²) in [4.78, 5) is 24.0. The van der Waals surface area contributed by atoms with Gasteiger partial charge in [0.15, 0.2) is 0 Å². The van der Waals surface area contributed by atoms with Crippen LogP contribution in [-0.2, 0) is 6.54 Å². The van der Waals surface area contributed by atoms with E-state index in [4.69, 9.17) is 4.74 Å². The van der Waals surface area contributed by atoms with Crippen molar-refractivity contribution < 1.29 is 9.53 Å². The van der Waals surface area contributed by atoms with E-state index < -0.39 is 0 Å². The quantitative estimate of drug-likeness (QED) is 0.400. The van der Waals surface area contributed by atoms with Crippen molar-refractivity contribution in [1.29, 1.82) is 0 Å². The highest BCUT2D eigenvalue weighted by Gasteiger charge is 2.21. The average Bonchev–Trinajstić information content (AvgIpc) is 2.91. The third-order valence-electron chi connectivity index (χ3n) is 6.20. The summed E-state index contributed by atoms with van der Waals surface area (Å²) in [7, 11) is 0. The number of para-hydroxylation sites is 1. The summed E-state index contributed by atoms with van der Waals surface area (Å²) in [6.45, 7) is 2.91. The van der Waals surface area contributed by atoms with Gasteiger partial charge in [0, 0.05) is 42.9 Å². The van der Waals surface area contributed by atoms with Crippen molar-refractivity contribution in [2.45, 2.75) is 25.4 Å². The van der Waals surface area contributed by atoms with Crippen LogP contribution in [0.5, 0.6) is 11.6 Å². The number of likely N-dealkylation sites (tertiary alicyclic amines) is 1. The maximum absolute atomic E-state index is 13.0. The molecule has 1 aromatic heterocycles. The van der Waals surface area contributed by atoms with Crippen LogP contribution in [0.2, 0.25) is 0 Å². The molecule has 176 valence electrons. The zero-order chi connectivity index (χ0) is 23.9. The number of nitrogens with one attached hydrogen (secondary N) is 1. The maximum Gasteiger partial charge on any atom is 0.251 e. The summed E-state index contributed by atoms with van der Waals surface area (Å²) in [6.07, 6.45) is 3.37. The van der Waals surface area contributed by atoms with Gasteiger partial charge in [0.25, 0.3) is 5.91 Å². The minimum absolute atomic E-state index is 0.0526. The van der Waals surface area contributed by atoms with Crippen LogP contribution < -0.4 is 10.1 Å². The first-order valence-corrected chi connectivity index (χ1v) is 12.0. The standard InChI is InChI=1S/C29H28N4O2/c34-29(32-25-14-16-33(17-15-25)20-22-8-3-1-4-9-22)24-11-7-10-23(18-24)27-19-28(31-21-30-27)35-26-12-5-2-6-13-26/h1-13,18-19,21,25H,14-17,20H2,(H,32,34). The van der Waals surface area contributed by atoms with Gasteiger partial charge in [0.2, 0.25) is 5.88 Å². The van der Waals surface area contributed by atoms with Crippen LogP contribution in [0.15, 0.2) is 97.3 Å². The number of piperidine rings is 1. The summed E-state index contributed by atoms with van der Waals surface area (Å²) in [5.41, 5.74) is 3.50. The smallest absolute Gasteiger partial charge is 0.251 e. The lowest BCUT2D eigenvalue weighted by atomic mass is 10.0. The Labute approximate surface area is 205 Å². The lowest BCUT2D eigenvalue weighted by Crippen LogP contribution is -2.44. The molecule has 0 saturated carbocycles. The molecule has 0 atom stereocenters. The number of ether oxygens (including phenoxy) is 1. The van der Waals surface area contributed by atoms with E-state index in [0.29, 0.717) is 22.9 Å². The van der Waals surface area contributed by atoms with Gasteiger partial charge in [-0.25, -0.2) is 9.97 Å². The Balaban J connectivity index is 1.19. The molecule has 1 fully saturated rings. The number of hydrogen-bond donors (Lipinski definition) is 1. The van der Waals surface area contributed by atoms with Gasteiger partial charge in [-0.15, -0.1) is 0 Å². The van der Waals surface area contributed by atoms with Gasteiger partial charge < -0.3 is 10.1 Å². The monoisotopic (exact) mass is 464 g/mol. The van der Waals surface area contributed by atoms with Crippen molar-refractivity contribution in [1.82, 2.24) is 20.2 Å². The average molecular weight is 465 g/mol. The molecule has 2 heterocycles. The van der Waals surface area contributed by atoms with Crippen molar-refractivity contribution in [2.24, 2.45) is 0 Å². The zero-order valence-corrected chi connectivity index (χ0v) is 19.5. The molecule has 1 saturated heterocycles. The zero-order valence-electron chi connectivity index (χ0n) is 19.5. The molecular formula is C29H28N4O2. The van der Waals surface area contributed by atoms with E-state index in [0.717, 1.165) is 38.0 Å². The lowest BCUT2D eigenvalue weighted by Gasteiger charge is -2.32. The molecule has 0 unspecified atom stereocenters. The summed E-state index contributed by atoms with van der Waals surface area (Å²) in [5.74, 6) is 1.11. The topological polar surface area (TPSA) is 67.4 Å². The molecule has 0 radical (unpaired) electrons. The predicted molar refractivity (Wildman–Crippen MR) is 136 cm³/mol. The van der Waals surface area contributed by atoms with Crippen molar-refractivity contribution in [3.8, 4) is 22.9 Å². The third-order valence-corrected chi connectivity index (χ3v) is 6.20. The second kappa shape index (κ2) is 10.9. The molecular weight excluding hydrogens is 436 g/mol. The van der Waals surface area contributed by atoms with E-state index in [9.17, 15) is 4.79 Å². The number of aromatic nitrogens is 2. The lowest BCUT2D eigenvalue weighted by molar-refractivity contribution is 0.0909. The number of nitrogens with zero attached hydrogens (tertiary/aromatic N) is 3. The van der Waals surface area contributed by atoms with Crippen LogP contribution in [0.4, 0.5) is 0 Å². The highest BCUT2D eigenvalue weighted by atomic mass is 16.5. The van der Waals surface area contributed by atoms with Gasteiger partial charge in [0.05, 0.1) is 5.69 Å². The molecule has 0 spiro atoms. The van der Waals surface area contributed by atoms with E-state index in [1.165, 1.54) is 11.9 Å². The number of carbonyl (C=O) groups excluding carboxylic acids is 1. The highest BCUT2D eigenvalue weighted by Crippen LogP contribution is 2.24. The fourth-order valence-electron chi connectivity index (χ4n) is 4.33.